The summed E-state index contributed by atoms with van der Waals surface area (Å²) in [5.74, 6) is -0.337. The van der Waals surface area contributed by atoms with Gasteiger partial charge < -0.3 is 5.11 Å². The Labute approximate surface area is 118 Å². The predicted octanol–water partition coefficient (Wildman–Crippen LogP) is 3.47. The summed E-state index contributed by atoms with van der Waals surface area (Å²) in [7, 11) is 0. The van der Waals surface area contributed by atoms with Gasteiger partial charge in [0.1, 0.15) is 5.82 Å². The van der Waals surface area contributed by atoms with Crippen molar-refractivity contribution in [1.29, 1.82) is 0 Å². The number of rotatable bonds is 1. The number of nitrogens with zero attached hydrogens (tertiary/aromatic N) is 1. The van der Waals surface area contributed by atoms with Crippen LogP contribution >= 0.6 is 11.8 Å². The maximum absolute atomic E-state index is 13.3. The topological polar surface area (TPSA) is 63.4 Å². The van der Waals surface area contributed by atoms with E-state index in [4.69, 9.17) is 0 Å². The standard InChI is InChI=1S/C14H10FNO3S/c15-9-2-1-8-5-12(17)11-7-10(16(18)19)3-4-13(11)20-14(8)6-9/h1-4,6-7,12,17H,5H2. The zero-order valence-electron chi connectivity index (χ0n) is 10.2. The summed E-state index contributed by atoms with van der Waals surface area (Å²) in [4.78, 5) is 11.8. The number of non-ortho nitro benzene ring substituents is 1. The molecule has 2 aromatic carbocycles. The number of nitro benzene ring substituents is 1. The van der Waals surface area contributed by atoms with E-state index < -0.39 is 11.0 Å². The average molecular weight is 291 g/mol. The minimum atomic E-state index is -0.830. The van der Waals surface area contributed by atoms with Crippen molar-refractivity contribution in [3.8, 4) is 0 Å². The molecule has 1 heterocycles. The molecule has 1 N–H and O–H groups in total. The molecular weight excluding hydrogens is 281 g/mol. The molecule has 0 aromatic heterocycles. The van der Waals surface area contributed by atoms with Gasteiger partial charge in [-0.3, -0.25) is 10.1 Å². The van der Waals surface area contributed by atoms with Crippen LogP contribution in [-0.4, -0.2) is 10.0 Å². The van der Waals surface area contributed by atoms with Gasteiger partial charge in [0, 0.05) is 33.9 Å². The molecule has 0 radical (unpaired) electrons. The second-order valence-corrected chi connectivity index (χ2v) is 5.64. The van der Waals surface area contributed by atoms with Crippen molar-refractivity contribution in [1.82, 2.24) is 0 Å². The van der Waals surface area contributed by atoms with Crippen LogP contribution in [0.15, 0.2) is 46.2 Å². The van der Waals surface area contributed by atoms with Crippen LogP contribution in [0.25, 0.3) is 0 Å². The van der Waals surface area contributed by atoms with Crippen molar-refractivity contribution in [2.75, 3.05) is 0 Å². The lowest BCUT2D eigenvalue weighted by atomic mass is 10.0. The second kappa shape index (κ2) is 4.88. The zero-order valence-corrected chi connectivity index (χ0v) is 11.1. The van der Waals surface area contributed by atoms with Crippen LogP contribution in [0.3, 0.4) is 0 Å². The molecule has 2 aromatic rings. The molecule has 1 atom stereocenters. The molecule has 0 amide bonds. The first-order valence-corrected chi connectivity index (χ1v) is 6.79. The number of benzene rings is 2. The highest BCUT2D eigenvalue weighted by Gasteiger charge is 2.23. The Hall–Kier alpha value is -1.92. The second-order valence-electron chi connectivity index (χ2n) is 4.55. The number of hydrogen-bond acceptors (Lipinski definition) is 4. The van der Waals surface area contributed by atoms with Crippen molar-refractivity contribution in [3.63, 3.8) is 0 Å². The van der Waals surface area contributed by atoms with Crippen LogP contribution in [0, 0.1) is 15.9 Å². The van der Waals surface area contributed by atoms with Crippen molar-refractivity contribution in [2.24, 2.45) is 0 Å². The molecule has 0 bridgehead atoms. The lowest BCUT2D eigenvalue weighted by Gasteiger charge is -2.10. The first-order chi connectivity index (χ1) is 9.54. The summed E-state index contributed by atoms with van der Waals surface area (Å²) in [5.41, 5.74) is 1.30. The van der Waals surface area contributed by atoms with E-state index in [2.05, 4.69) is 0 Å². The predicted molar refractivity (Wildman–Crippen MR) is 72.3 cm³/mol. The van der Waals surface area contributed by atoms with Gasteiger partial charge in [0.05, 0.1) is 11.0 Å². The van der Waals surface area contributed by atoms with E-state index in [0.717, 1.165) is 10.5 Å². The summed E-state index contributed by atoms with van der Waals surface area (Å²) in [6.45, 7) is 0. The molecule has 6 heteroatoms. The van der Waals surface area contributed by atoms with Crippen molar-refractivity contribution in [2.45, 2.75) is 22.3 Å². The first-order valence-electron chi connectivity index (χ1n) is 5.97. The van der Waals surface area contributed by atoms with Crippen molar-refractivity contribution in [3.05, 3.63) is 63.5 Å². The SMILES string of the molecule is O=[N+]([O-])c1ccc2c(c1)C(O)Cc1ccc(F)cc1S2. The molecule has 1 unspecified atom stereocenters. The third-order valence-electron chi connectivity index (χ3n) is 3.23. The highest BCUT2D eigenvalue weighted by atomic mass is 32.2. The number of aliphatic hydroxyl groups is 1. The van der Waals surface area contributed by atoms with E-state index in [1.807, 2.05) is 0 Å². The van der Waals surface area contributed by atoms with Crippen LogP contribution in [0.2, 0.25) is 0 Å². The first kappa shape index (κ1) is 13.1. The fourth-order valence-electron chi connectivity index (χ4n) is 2.23. The molecular formula is C14H10FNO3S. The highest BCUT2D eigenvalue weighted by Crippen LogP contribution is 2.42. The molecule has 102 valence electrons. The van der Waals surface area contributed by atoms with Crippen LogP contribution in [0.5, 0.6) is 0 Å². The molecule has 0 saturated carbocycles. The Balaban J connectivity index is 2.11. The van der Waals surface area contributed by atoms with Crippen molar-refractivity contribution >= 4 is 17.4 Å². The van der Waals surface area contributed by atoms with Gasteiger partial charge in [0.25, 0.3) is 5.69 Å². The quantitative estimate of drug-likeness (QED) is 0.645. The van der Waals surface area contributed by atoms with Crippen molar-refractivity contribution < 1.29 is 14.4 Å². The van der Waals surface area contributed by atoms with Crippen LogP contribution in [0.1, 0.15) is 17.2 Å². The molecule has 4 nitrogen and oxygen atoms in total. The summed E-state index contributed by atoms with van der Waals surface area (Å²) >= 11 is 1.32. The highest BCUT2D eigenvalue weighted by molar-refractivity contribution is 7.99. The van der Waals surface area contributed by atoms with Gasteiger partial charge in [-0.05, 0) is 23.8 Å². The summed E-state index contributed by atoms with van der Waals surface area (Å²) in [6.07, 6.45) is -0.513. The van der Waals surface area contributed by atoms with E-state index in [1.54, 1.807) is 12.1 Å². The van der Waals surface area contributed by atoms with E-state index >= 15 is 0 Å². The molecule has 0 aliphatic carbocycles. The van der Waals surface area contributed by atoms with Gasteiger partial charge in [-0.15, -0.1) is 0 Å². The summed E-state index contributed by atoms with van der Waals surface area (Å²) in [6, 6.07) is 8.79. The minimum Gasteiger partial charge on any atom is -0.388 e. The van der Waals surface area contributed by atoms with Crippen LogP contribution < -0.4 is 0 Å². The van der Waals surface area contributed by atoms with Gasteiger partial charge in [0.15, 0.2) is 0 Å². The van der Waals surface area contributed by atoms with Crippen LogP contribution in [-0.2, 0) is 6.42 Å². The molecule has 20 heavy (non-hydrogen) atoms. The normalized spacial score (nSPS) is 17.0. The minimum absolute atomic E-state index is 0.0551. The molecule has 0 saturated heterocycles. The van der Waals surface area contributed by atoms with E-state index in [1.165, 1.54) is 36.0 Å². The Bertz CT molecular complexity index is 705. The maximum Gasteiger partial charge on any atom is 0.269 e. The monoisotopic (exact) mass is 291 g/mol. The Morgan fingerprint density at radius 2 is 2.05 bits per heavy atom. The molecule has 0 spiro atoms. The van der Waals surface area contributed by atoms with Gasteiger partial charge in [-0.25, -0.2) is 4.39 Å². The molecule has 1 aliphatic rings. The smallest absolute Gasteiger partial charge is 0.269 e. The Morgan fingerprint density at radius 3 is 2.80 bits per heavy atom. The number of halogens is 1. The number of nitro groups is 1. The van der Waals surface area contributed by atoms with Gasteiger partial charge >= 0.3 is 0 Å². The van der Waals surface area contributed by atoms with Gasteiger partial charge in [-0.1, -0.05) is 17.8 Å². The summed E-state index contributed by atoms with van der Waals surface area (Å²) < 4.78 is 13.3. The number of aliphatic hydroxyl groups excluding tert-OH is 1. The largest absolute Gasteiger partial charge is 0.388 e. The Morgan fingerprint density at radius 1 is 1.25 bits per heavy atom. The fourth-order valence-corrected chi connectivity index (χ4v) is 3.37. The van der Waals surface area contributed by atoms with Crippen LogP contribution in [0.4, 0.5) is 10.1 Å². The van der Waals surface area contributed by atoms with Gasteiger partial charge in [0.2, 0.25) is 0 Å². The number of fused-ring (bicyclic) bond motifs is 2. The maximum atomic E-state index is 13.3. The Kier molecular flexibility index (Phi) is 3.19. The zero-order chi connectivity index (χ0) is 14.3. The van der Waals surface area contributed by atoms with E-state index in [0.29, 0.717) is 16.9 Å². The molecule has 1 aliphatic heterocycles. The third-order valence-corrected chi connectivity index (χ3v) is 4.42. The molecule has 3 rings (SSSR count). The number of hydrogen-bond donors (Lipinski definition) is 1. The summed E-state index contributed by atoms with van der Waals surface area (Å²) in [5, 5.41) is 21.0. The lowest BCUT2D eigenvalue weighted by Crippen LogP contribution is -2.02. The van der Waals surface area contributed by atoms with Gasteiger partial charge in [-0.2, -0.15) is 0 Å². The third kappa shape index (κ3) is 2.28. The lowest BCUT2D eigenvalue weighted by molar-refractivity contribution is -0.385. The molecule has 0 fully saturated rings. The average Bonchev–Trinajstić information content (AvgIpc) is 2.54. The fraction of sp³-hybridized carbons (Fsp3) is 0.143. The van der Waals surface area contributed by atoms with E-state index in [9.17, 15) is 19.6 Å². The van der Waals surface area contributed by atoms with E-state index in [-0.39, 0.29) is 11.5 Å².